The minimum Gasteiger partial charge on any atom is -0.386 e. The largest absolute Gasteiger partial charge is 0.481 e. The number of nitrogens with one attached hydrogen (secondary N) is 2. The summed E-state index contributed by atoms with van der Waals surface area (Å²) in [5, 5.41) is 26.8. The number of nitrogens with two attached hydrogens (primary N) is 1. The van der Waals surface area contributed by atoms with Gasteiger partial charge in [-0.1, -0.05) is 168 Å². The van der Waals surface area contributed by atoms with Crippen LogP contribution in [0.2, 0.25) is 0 Å². The summed E-state index contributed by atoms with van der Waals surface area (Å²) >= 11 is 1.16. The normalized spacial score (nSPS) is 19.7. The SMILES string of the molecule is CCCCCCCCCCCCCCCCCCCCCC(C)CCC(=O)SCCNC(=O)CCNC(=O)C(O)C(C)(C)COP(=O)(O)OP(=O)(O)OCC1OC(n2cnc3c(N)ncnc32)C(O)C1OP(=O)(O)O. The Morgan fingerprint density at radius 2 is 1.36 bits per heavy atom. The van der Waals surface area contributed by atoms with Crippen LogP contribution in [0.15, 0.2) is 12.7 Å². The van der Waals surface area contributed by atoms with E-state index in [1.165, 1.54) is 136 Å². The number of aliphatic hydroxyl groups excluding tert-OH is 2. The van der Waals surface area contributed by atoms with E-state index >= 15 is 0 Å². The van der Waals surface area contributed by atoms with Crippen LogP contribution in [0.1, 0.15) is 182 Å². The molecule has 1 aliphatic heterocycles. The number of carbonyl (C=O) groups excluding carboxylic acids is 3. The summed E-state index contributed by atoms with van der Waals surface area (Å²) < 4.78 is 62.6. The van der Waals surface area contributed by atoms with Gasteiger partial charge in [-0.15, -0.1) is 0 Å². The third-order valence-electron chi connectivity index (χ3n) is 12.9. The number of unbranched alkanes of at least 4 members (excludes halogenated alkanes) is 18. The van der Waals surface area contributed by atoms with Crippen molar-refractivity contribution in [3.8, 4) is 0 Å². The maximum absolute atomic E-state index is 12.8. The van der Waals surface area contributed by atoms with Gasteiger partial charge in [-0.3, -0.25) is 32.5 Å². The van der Waals surface area contributed by atoms with Crippen molar-refractivity contribution in [3.63, 3.8) is 0 Å². The molecular formula is C47H86N7O17P3S. The minimum absolute atomic E-state index is 0.0345. The summed E-state index contributed by atoms with van der Waals surface area (Å²) in [7, 11) is -16.4. The first-order valence-electron chi connectivity index (χ1n) is 26.5. The number of rotatable bonds is 42. The number of anilines is 1. The van der Waals surface area contributed by atoms with Crippen molar-refractivity contribution in [2.24, 2.45) is 11.3 Å². The van der Waals surface area contributed by atoms with Gasteiger partial charge < -0.3 is 50.9 Å². The van der Waals surface area contributed by atoms with Crippen LogP contribution in [0.3, 0.4) is 0 Å². The van der Waals surface area contributed by atoms with Crippen LogP contribution >= 0.6 is 35.2 Å². The van der Waals surface area contributed by atoms with Crippen LogP contribution in [0.25, 0.3) is 11.2 Å². The molecule has 28 heteroatoms. The summed E-state index contributed by atoms with van der Waals surface area (Å²) in [6.45, 7) is 5.04. The van der Waals surface area contributed by atoms with Crippen molar-refractivity contribution in [1.29, 1.82) is 0 Å². The number of carbonyl (C=O) groups is 3. The molecule has 0 aromatic carbocycles. The van der Waals surface area contributed by atoms with E-state index in [4.69, 9.17) is 19.5 Å². The monoisotopic (exact) mass is 1150 g/mol. The van der Waals surface area contributed by atoms with E-state index in [2.05, 4.69) is 48.3 Å². The van der Waals surface area contributed by atoms with Crippen LogP contribution in [0.5, 0.6) is 0 Å². The third kappa shape index (κ3) is 26.8. The van der Waals surface area contributed by atoms with E-state index in [-0.39, 0.29) is 41.6 Å². The third-order valence-corrected chi connectivity index (χ3v) is 16.9. The number of aromatic nitrogens is 4. The number of nitrogens with zero attached hydrogens (tertiary/aromatic N) is 4. The number of fused-ring (bicyclic) bond motifs is 1. The van der Waals surface area contributed by atoms with Gasteiger partial charge in [0.15, 0.2) is 22.8 Å². The number of phosphoric acid groups is 3. The fourth-order valence-electron chi connectivity index (χ4n) is 8.45. The van der Waals surface area contributed by atoms with Crippen LogP contribution in [-0.2, 0) is 50.7 Å². The minimum atomic E-state index is -5.58. The molecule has 0 bridgehead atoms. The number of imidazole rings is 1. The second kappa shape index (κ2) is 34.5. The van der Waals surface area contributed by atoms with Gasteiger partial charge in [0.05, 0.1) is 19.5 Å². The average Bonchev–Trinajstić information content (AvgIpc) is 3.91. The molecule has 1 aliphatic rings. The maximum atomic E-state index is 12.8. The molecule has 0 aliphatic carbocycles. The Morgan fingerprint density at radius 3 is 1.93 bits per heavy atom. The van der Waals surface area contributed by atoms with E-state index in [0.717, 1.165) is 41.8 Å². The van der Waals surface area contributed by atoms with E-state index in [0.29, 0.717) is 18.1 Å². The number of ether oxygens (including phenoxy) is 1. The molecule has 10 N–H and O–H groups in total. The highest BCUT2D eigenvalue weighted by Crippen LogP contribution is 2.61. The molecule has 432 valence electrons. The maximum Gasteiger partial charge on any atom is 0.481 e. The van der Waals surface area contributed by atoms with Crippen molar-refractivity contribution in [2.45, 2.75) is 206 Å². The molecule has 3 rings (SSSR count). The van der Waals surface area contributed by atoms with E-state index in [1.54, 1.807) is 0 Å². The van der Waals surface area contributed by atoms with Gasteiger partial charge in [-0.2, -0.15) is 4.31 Å². The van der Waals surface area contributed by atoms with E-state index in [9.17, 15) is 57.9 Å². The smallest absolute Gasteiger partial charge is 0.386 e. The summed E-state index contributed by atoms with van der Waals surface area (Å²) in [5.74, 6) is -0.551. The number of amides is 2. The Labute approximate surface area is 446 Å². The lowest BCUT2D eigenvalue weighted by molar-refractivity contribution is -0.137. The summed E-state index contributed by atoms with van der Waals surface area (Å²) in [5.41, 5.74) is 4.30. The molecule has 75 heavy (non-hydrogen) atoms. The number of thioether (sulfide) groups is 1. The second-order valence-electron chi connectivity index (χ2n) is 20.1. The molecular weight excluding hydrogens is 1060 g/mol. The fraction of sp³-hybridized carbons (Fsp3) is 0.830. The van der Waals surface area contributed by atoms with Crippen molar-refractivity contribution in [3.05, 3.63) is 12.7 Å². The molecule has 0 radical (unpaired) electrons. The van der Waals surface area contributed by atoms with Crippen molar-refractivity contribution in [1.82, 2.24) is 30.2 Å². The topological polar surface area (TPSA) is 364 Å². The highest BCUT2D eigenvalue weighted by atomic mass is 32.2. The molecule has 2 aromatic heterocycles. The summed E-state index contributed by atoms with van der Waals surface area (Å²) in [6.07, 6.45) is 21.2. The number of aliphatic hydroxyl groups is 2. The standard InChI is InChI=1S/C47H86N7O17P3S/c1-5-6-7-8-9-10-11-12-13-14-15-16-17-18-19-20-21-22-23-24-35(2)25-26-38(56)75-30-29-49-37(55)27-28-50-45(59)42(58)47(3,4)32-68-74(65,66)71-73(63,64)67-31-36-41(70-72(60,61)62)40(57)46(69-36)54-34-53-39-43(48)51-33-52-44(39)54/h33-36,40-42,46,57-58H,5-32H2,1-4H3,(H,49,55)(H,50,59)(H,63,64)(H,65,66)(H2,48,51,52)(H2,60,61,62). The van der Waals surface area contributed by atoms with Crippen molar-refractivity contribution < 1.29 is 80.5 Å². The first-order valence-corrected chi connectivity index (χ1v) is 32.0. The highest BCUT2D eigenvalue weighted by Gasteiger charge is 2.50. The number of phosphoric ester groups is 3. The van der Waals surface area contributed by atoms with Gasteiger partial charge in [0.25, 0.3) is 0 Å². The van der Waals surface area contributed by atoms with Crippen LogP contribution < -0.4 is 16.4 Å². The molecule has 1 fully saturated rings. The summed E-state index contributed by atoms with van der Waals surface area (Å²) in [6, 6.07) is 0. The van der Waals surface area contributed by atoms with Gasteiger partial charge in [0.2, 0.25) is 11.8 Å². The van der Waals surface area contributed by atoms with Gasteiger partial charge in [-0.25, -0.2) is 28.6 Å². The molecule has 0 saturated carbocycles. The van der Waals surface area contributed by atoms with Crippen molar-refractivity contribution >= 4 is 69.1 Å². The Bertz CT molecular complexity index is 2160. The number of hydrogen-bond acceptors (Lipinski definition) is 18. The molecule has 3 heterocycles. The van der Waals surface area contributed by atoms with Gasteiger partial charge in [-0.05, 0) is 12.3 Å². The molecule has 8 atom stereocenters. The van der Waals surface area contributed by atoms with E-state index < -0.39 is 84.6 Å². The lowest BCUT2D eigenvalue weighted by atomic mass is 9.87. The lowest BCUT2D eigenvalue weighted by Crippen LogP contribution is -2.46. The van der Waals surface area contributed by atoms with Gasteiger partial charge >= 0.3 is 23.5 Å². The van der Waals surface area contributed by atoms with Gasteiger partial charge in [0.1, 0.15) is 36.3 Å². The van der Waals surface area contributed by atoms with Crippen LogP contribution in [0, 0.1) is 11.3 Å². The fourth-order valence-corrected chi connectivity index (χ4v) is 12.0. The molecule has 2 amide bonds. The predicted octanol–water partition coefficient (Wildman–Crippen LogP) is 7.90. The molecule has 0 spiro atoms. The lowest BCUT2D eigenvalue weighted by Gasteiger charge is -2.30. The molecule has 8 unspecified atom stereocenters. The van der Waals surface area contributed by atoms with Crippen LogP contribution in [-0.4, -0.2) is 123 Å². The zero-order valence-electron chi connectivity index (χ0n) is 44.2. The Kier molecular flexibility index (Phi) is 30.8. The number of hydrogen-bond donors (Lipinski definition) is 9. The molecule has 2 aromatic rings. The Balaban J connectivity index is 1.23. The number of nitrogen functional groups attached to an aromatic ring is 1. The first kappa shape index (κ1) is 66.8. The zero-order valence-corrected chi connectivity index (χ0v) is 47.7. The highest BCUT2D eigenvalue weighted by molar-refractivity contribution is 8.13. The van der Waals surface area contributed by atoms with Crippen molar-refractivity contribution in [2.75, 3.05) is 37.8 Å². The quantitative estimate of drug-likeness (QED) is 0.0225. The van der Waals surface area contributed by atoms with Crippen LogP contribution in [0.4, 0.5) is 5.82 Å². The summed E-state index contributed by atoms with van der Waals surface area (Å²) in [4.78, 5) is 88.9. The van der Waals surface area contributed by atoms with E-state index in [1.807, 2.05) is 0 Å². The predicted molar refractivity (Wildman–Crippen MR) is 284 cm³/mol. The Morgan fingerprint density at radius 1 is 0.800 bits per heavy atom. The molecule has 24 nitrogen and oxygen atoms in total. The second-order valence-corrected chi connectivity index (χ2v) is 25.5. The molecule has 1 saturated heterocycles. The zero-order chi connectivity index (χ0) is 55.5. The Hall–Kier alpha value is -2.44. The average molecular weight is 1150 g/mol. The van der Waals surface area contributed by atoms with Gasteiger partial charge in [0, 0.05) is 37.1 Å². The first-order chi connectivity index (χ1) is 35.4.